The van der Waals surface area contributed by atoms with Gasteiger partial charge < -0.3 is 14.9 Å². The molecule has 3 rings (SSSR count). The molecule has 1 heterocycles. The minimum Gasteiger partial charge on any atom is -0.392 e. The number of hydrogen-bond acceptors (Lipinski definition) is 3. The maximum atomic E-state index is 10.8. The quantitative estimate of drug-likeness (QED) is 0.574. The molecule has 4 atom stereocenters. The molecule has 0 aromatic rings. The molecule has 1 saturated heterocycles. The fourth-order valence-electron chi connectivity index (χ4n) is 4.24. The second kappa shape index (κ2) is 3.94. The molecule has 1 fully saturated rings. The Labute approximate surface area is 122 Å². The molecule has 2 N–H and O–H groups in total. The van der Waals surface area contributed by atoms with Crippen molar-refractivity contribution < 1.29 is 14.9 Å². The van der Waals surface area contributed by atoms with Crippen molar-refractivity contribution in [1.29, 1.82) is 0 Å². The summed E-state index contributed by atoms with van der Waals surface area (Å²) in [6.45, 7) is 6.47. The van der Waals surface area contributed by atoms with Crippen LogP contribution in [0.3, 0.4) is 0 Å². The number of aliphatic hydroxyl groups excluding tert-OH is 2. The van der Waals surface area contributed by atoms with Gasteiger partial charge in [-0.15, -0.1) is 0 Å². The Balaban J connectivity index is 2.12. The van der Waals surface area contributed by atoms with Crippen LogP contribution in [0.1, 0.15) is 33.6 Å². The lowest BCUT2D eigenvalue weighted by atomic mass is 9.49. The number of aliphatic hydroxyl groups is 2. The fourth-order valence-corrected chi connectivity index (χ4v) is 4.83. The molecule has 106 valence electrons. The average Bonchev–Trinajstić information content (AvgIpc) is 3.00. The Morgan fingerprint density at radius 1 is 1.42 bits per heavy atom. The number of halogens is 1. The van der Waals surface area contributed by atoms with E-state index in [1.54, 1.807) is 0 Å². The zero-order valence-corrected chi connectivity index (χ0v) is 13.2. The average molecular weight is 329 g/mol. The number of rotatable bonds is 1. The van der Waals surface area contributed by atoms with Crippen molar-refractivity contribution >= 4 is 15.9 Å². The summed E-state index contributed by atoms with van der Waals surface area (Å²) in [5.41, 5.74) is 0.105. The van der Waals surface area contributed by atoms with Gasteiger partial charge in [-0.2, -0.15) is 0 Å². The molecule has 0 aromatic carbocycles. The number of fused-ring (bicyclic) bond motifs is 2. The highest BCUT2D eigenvalue weighted by molar-refractivity contribution is 9.11. The molecule has 2 aliphatic carbocycles. The van der Waals surface area contributed by atoms with E-state index < -0.39 is 6.10 Å². The first-order valence-electron chi connectivity index (χ1n) is 6.82. The van der Waals surface area contributed by atoms with Gasteiger partial charge >= 0.3 is 0 Å². The molecular weight excluding hydrogens is 308 g/mol. The van der Waals surface area contributed by atoms with Gasteiger partial charge in [-0.3, -0.25) is 0 Å². The fraction of sp³-hybridized carbons (Fsp3) is 0.733. The molecule has 0 bridgehead atoms. The van der Waals surface area contributed by atoms with Gasteiger partial charge in [-0.25, -0.2) is 0 Å². The zero-order valence-electron chi connectivity index (χ0n) is 11.6. The van der Waals surface area contributed by atoms with Gasteiger partial charge in [0.2, 0.25) is 0 Å². The summed E-state index contributed by atoms with van der Waals surface area (Å²) in [7, 11) is 0. The van der Waals surface area contributed by atoms with Crippen LogP contribution in [0.4, 0.5) is 0 Å². The number of allylic oxidation sites excluding steroid dienone is 2. The van der Waals surface area contributed by atoms with E-state index in [-0.39, 0.29) is 29.1 Å². The summed E-state index contributed by atoms with van der Waals surface area (Å²) in [5, 5.41) is 20.1. The van der Waals surface area contributed by atoms with E-state index in [0.717, 1.165) is 16.5 Å². The van der Waals surface area contributed by atoms with Gasteiger partial charge in [0.1, 0.15) is 11.7 Å². The highest BCUT2D eigenvalue weighted by atomic mass is 79.9. The van der Waals surface area contributed by atoms with Crippen molar-refractivity contribution in [1.82, 2.24) is 0 Å². The largest absolute Gasteiger partial charge is 0.392 e. The molecule has 0 saturated carbocycles. The molecule has 3 aliphatic rings. The van der Waals surface area contributed by atoms with Crippen molar-refractivity contribution in [3.05, 3.63) is 22.2 Å². The lowest BCUT2D eigenvalue weighted by Crippen LogP contribution is -2.59. The van der Waals surface area contributed by atoms with E-state index in [9.17, 15) is 10.2 Å². The highest BCUT2D eigenvalue weighted by Crippen LogP contribution is 2.70. The van der Waals surface area contributed by atoms with Crippen molar-refractivity contribution in [2.45, 2.75) is 51.4 Å². The zero-order chi connectivity index (χ0) is 14.1. The molecule has 4 heteroatoms. The number of hydrogen-bond donors (Lipinski definition) is 2. The van der Waals surface area contributed by atoms with Crippen LogP contribution in [0.2, 0.25) is 0 Å². The predicted octanol–water partition coefficient (Wildman–Crippen LogP) is 2.52. The standard InChI is InChI=1S/C15H21BrO3/c1-13(2)10(16)7-12-14(3,19-12)15(13)5-4-9(8-17)6-11(15)18/h4,7,11-12,17-18H,5-6,8H2,1-3H3. The monoisotopic (exact) mass is 328 g/mol. The molecule has 19 heavy (non-hydrogen) atoms. The molecule has 3 nitrogen and oxygen atoms in total. The third-order valence-electron chi connectivity index (χ3n) is 5.69. The molecule has 0 amide bonds. The van der Waals surface area contributed by atoms with Gasteiger partial charge in [0, 0.05) is 15.3 Å². The Bertz CT molecular complexity index is 482. The normalized spacial score (nSPS) is 47.5. The van der Waals surface area contributed by atoms with E-state index in [1.165, 1.54) is 0 Å². The second-order valence-corrected chi connectivity index (χ2v) is 7.56. The van der Waals surface area contributed by atoms with E-state index in [2.05, 4.69) is 48.9 Å². The molecule has 0 radical (unpaired) electrons. The summed E-state index contributed by atoms with van der Waals surface area (Å²) in [4.78, 5) is 0. The minimum absolute atomic E-state index is 0.0333. The molecule has 4 unspecified atom stereocenters. The summed E-state index contributed by atoms with van der Waals surface area (Å²) in [6.07, 6.45) is 5.09. The summed E-state index contributed by atoms with van der Waals surface area (Å²) in [6, 6.07) is 0. The van der Waals surface area contributed by atoms with Gasteiger partial charge in [0.05, 0.1) is 12.7 Å². The van der Waals surface area contributed by atoms with Crippen LogP contribution in [-0.4, -0.2) is 34.6 Å². The summed E-state index contributed by atoms with van der Waals surface area (Å²) >= 11 is 3.67. The van der Waals surface area contributed by atoms with E-state index >= 15 is 0 Å². The van der Waals surface area contributed by atoms with Crippen molar-refractivity contribution in [2.24, 2.45) is 10.8 Å². The molecule has 0 aromatic heterocycles. The predicted molar refractivity (Wildman–Crippen MR) is 76.9 cm³/mol. The Kier molecular flexibility index (Phi) is 2.86. The lowest BCUT2D eigenvalue weighted by molar-refractivity contribution is -0.0989. The first-order chi connectivity index (χ1) is 8.79. The molecular formula is C15H21BrO3. The van der Waals surface area contributed by atoms with Crippen molar-refractivity contribution in [2.75, 3.05) is 6.61 Å². The first-order valence-corrected chi connectivity index (χ1v) is 7.61. The number of epoxide rings is 1. The molecule has 1 aliphatic heterocycles. The SMILES string of the molecule is CC1(C)C(Br)=CC2OC2(C)C12CC=C(CO)CC2O. The highest BCUT2D eigenvalue weighted by Gasteiger charge is 2.74. The third kappa shape index (κ3) is 1.49. The third-order valence-corrected chi connectivity index (χ3v) is 6.95. The van der Waals surface area contributed by atoms with E-state index in [0.29, 0.717) is 6.42 Å². The Hall–Kier alpha value is -0.160. The molecule has 1 spiro atoms. The second-order valence-electron chi connectivity index (χ2n) is 6.70. The minimum atomic E-state index is -0.495. The maximum Gasteiger partial charge on any atom is 0.107 e. The Morgan fingerprint density at radius 2 is 2.11 bits per heavy atom. The van der Waals surface area contributed by atoms with Gasteiger partial charge in [0.15, 0.2) is 0 Å². The van der Waals surface area contributed by atoms with E-state index in [1.807, 2.05) is 0 Å². The van der Waals surface area contributed by atoms with Gasteiger partial charge in [-0.05, 0) is 31.4 Å². The van der Waals surface area contributed by atoms with Crippen LogP contribution in [-0.2, 0) is 4.74 Å². The van der Waals surface area contributed by atoms with Crippen LogP contribution in [0.5, 0.6) is 0 Å². The first kappa shape index (κ1) is 13.8. The van der Waals surface area contributed by atoms with Crippen LogP contribution in [0, 0.1) is 10.8 Å². The van der Waals surface area contributed by atoms with E-state index in [4.69, 9.17) is 4.74 Å². The Morgan fingerprint density at radius 3 is 2.68 bits per heavy atom. The van der Waals surface area contributed by atoms with Gasteiger partial charge in [-0.1, -0.05) is 35.9 Å². The van der Waals surface area contributed by atoms with Crippen LogP contribution < -0.4 is 0 Å². The van der Waals surface area contributed by atoms with Crippen LogP contribution >= 0.6 is 15.9 Å². The van der Waals surface area contributed by atoms with Crippen LogP contribution in [0.25, 0.3) is 0 Å². The van der Waals surface area contributed by atoms with Gasteiger partial charge in [0.25, 0.3) is 0 Å². The van der Waals surface area contributed by atoms with Crippen molar-refractivity contribution in [3.8, 4) is 0 Å². The summed E-state index contributed by atoms with van der Waals surface area (Å²) < 4.78 is 7.06. The topological polar surface area (TPSA) is 53.0 Å². The summed E-state index contributed by atoms with van der Waals surface area (Å²) in [5.74, 6) is 0. The lowest BCUT2D eigenvalue weighted by Gasteiger charge is -2.55. The van der Waals surface area contributed by atoms with Crippen molar-refractivity contribution in [3.63, 3.8) is 0 Å². The smallest absolute Gasteiger partial charge is 0.107 e. The maximum absolute atomic E-state index is 10.8. The number of ether oxygens (including phenoxy) is 1. The van der Waals surface area contributed by atoms with Crippen LogP contribution in [0.15, 0.2) is 22.2 Å².